The van der Waals surface area contributed by atoms with E-state index in [-0.39, 0.29) is 22.6 Å². The van der Waals surface area contributed by atoms with Crippen molar-refractivity contribution in [3.8, 4) is 0 Å². The molecule has 9 heteroatoms. The van der Waals surface area contributed by atoms with Crippen molar-refractivity contribution in [2.24, 2.45) is 5.41 Å². The predicted octanol–water partition coefficient (Wildman–Crippen LogP) is 3.06. The molecule has 0 fully saturated rings. The maximum absolute atomic E-state index is 12.6. The highest BCUT2D eigenvalue weighted by Gasteiger charge is 2.41. The van der Waals surface area contributed by atoms with Gasteiger partial charge in [-0.2, -0.15) is 0 Å². The summed E-state index contributed by atoms with van der Waals surface area (Å²) < 4.78 is 0. The standard InChI is InChI=1S/C21H19N3O6/c1-21(2,3)20(28)22-13-9-7-12(8-10-13)16(25)11-23-18(26)14-5-4-6-15(24(29)30)17(14)19(23)27/h4-10H,11H2,1-3H3,(H,22,28). The molecule has 9 nitrogen and oxygen atoms in total. The third kappa shape index (κ3) is 3.82. The number of amides is 3. The average Bonchev–Trinajstić information content (AvgIpc) is 2.92. The van der Waals surface area contributed by atoms with E-state index in [1.54, 1.807) is 32.9 Å². The SMILES string of the molecule is CC(C)(C)C(=O)Nc1ccc(C(=O)CN2C(=O)c3cccc([N+](=O)[O-])c3C2=O)cc1. The molecule has 0 radical (unpaired) electrons. The third-order valence-corrected chi connectivity index (χ3v) is 4.62. The first kappa shape index (κ1) is 20.8. The normalized spacial score (nSPS) is 13.2. The fourth-order valence-electron chi connectivity index (χ4n) is 2.90. The second-order valence-electron chi connectivity index (χ2n) is 7.86. The molecule has 2 aromatic rings. The number of fused-ring (bicyclic) bond motifs is 1. The lowest BCUT2D eigenvalue weighted by atomic mass is 9.95. The average molecular weight is 409 g/mol. The first-order chi connectivity index (χ1) is 14.0. The lowest BCUT2D eigenvalue weighted by Gasteiger charge is -2.18. The quantitative estimate of drug-likeness (QED) is 0.350. The monoisotopic (exact) mass is 409 g/mol. The summed E-state index contributed by atoms with van der Waals surface area (Å²) in [7, 11) is 0. The number of nitrogens with one attached hydrogen (secondary N) is 1. The van der Waals surface area contributed by atoms with Gasteiger partial charge in [0.2, 0.25) is 5.91 Å². The van der Waals surface area contributed by atoms with Gasteiger partial charge in [-0.15, -0.1) is 0 Å². The van der Waals surface area contributed by atoms with Crippen molar-refractivity contribution in [3.05, 3.63) is 69.3 Å². The Labute approximate surface area is 171 Å². The summed E-state index contributed by atoms with van der Waals surface area (Å²) in [6, 6.07) is 9.81. The number of benzene rings is 2. The molecule has 0 atom stereocenters. The lowest BCUT2D eigenvalue weighted by molar-refractivity contribution is -0.385. The number of anilines is 1. The molecule has 1 N–H and O–H groups in total. The third-order valence-electron chi connectivity index (χ3n) is 4.62. The van der Waals surface area contributed by atoms with Crippen molar-refractivity contribution in [2.75, 3.05) is 11.9 Å². The van der Waals surface area contributed by atoms with Crippen LogP contribution in [0.2, 0.25) is 0 Å². The van der Waals surface area contributed by atoms with Gasteiger partial charge in [0.25, 0.3) is 17.5 Å². The van der Waals surface area contributed by atoms with Crippen molar-refractivity contribution < 1.29 is 24.1 Å². The number of nitro groups is 1. The molecule has 3 amide bonds. The summed E-state index contributed by atoms with van der Waals surface area (Å²) >= 11 is 0. The number of rotatable bonds is 5. The van der Waals surface area contributed by atoms with E-state index in [9.17, 15) is 29.3 Å². The Morgan fingerprint density at radius 1 is 1.03 bits per heavy atom. The molecule has 0 saturated heterocycles. The molecule has 0 bridgehead atoms. The molecule has 0 saturated carbocycles. The number of nitro benzene ring substituents is 1. The smallest absolute Gasteiger partial charge is 0.282 e. The number of ketones is 1. The molecule has 1 heterocycles. The number of hydrogen-bond donors (Lipinski definition) is 1. The highest BCUT2D eigenvalue weighted by Crippen LogP contribution is 2.30. The van der Waals surface area contributed by atoms with E-state index in [1.807, 2.05) is 0 Å². The van der Waals surface area contributed by atoms with Gasteiger partial charge < -0.3 is 5.32 Å². The van der Waals surface area contributed by atoms with Crippen LogP contribution in [0.25, 0.3) is 0 Å². The number of carbonyl (C=O) groups is 4. The highest BCUT2D eigenvalue weighted by atomic mass is 16.6. The van der Waals surface area contributed by atoms with Crippen LogP contribution in [0.3, 0.4) is 0 Å². The largest absolute Gasteiger partial charge is 0.326 e. The van der Waals surface area contributed by atoms with E-state index in [0.717, 1.165) is 6.07 Å². The van der Waals surface area contributed by atoms with E-state index in [2.05, 4.69) is 5.32 Å². The van der Waals surface area contributed by atoms with Gasteiger partial charge in [-0.05, 0) is 30.3 Å². The number of imide groups is 1. The summed E-state index contributed by atoms with van der Waals surface area (Å²) in [5.74, 6) is -2.32. The van der Waals surface area contributed by atoms with E-state index in [1.165, 1.54) is 24.3 Å². The van der Waals surface area contributed by atoms with Crippen molar-refractivity contribution in [1.82, 2.24) is 4.90 Å². The summed E-state index contributed by atoms with van der Waals surface area (Å²) in [6.07, 6.45) is 0. The van der Waals surface area contributed by atoms with Crippen LogP contribution in [-0.2, 0) is 4.79 Å². The zero-order valence-electron chi connectivity index (χ0n) is 16.6. The van der Waals surface area contributed by atoms with Gasteiger partial charge in [0, 0.05) is 22.7 Å². The Bertz CT molecular complexity index is 1080. The minimum absolute atomic E-state index is 0.0951. The lowest BCUT2D eigenvalue weighted by Crippen LogP contribution is -2.35. The van der Waals surface area contributed by atoms with Crippen LogP contribution in [-0.4, -0.2) is 39.9 Å². The molecule has 1 aliphatic rings. The zero-order valence-corrected chi connectivity index (χ0v) is 16.6. The molecule has 0 spiro atoms. The van der Waals surface area contributed by atoms with Crippen molar-refractivity contribution >= 4 is 34.9 Å². The molecule has 30 heavy (non-hydrogen) atoms. The van der Waals surface area contributed by atoms with Crippen LogP contribution < -0.4 is 5.32 Å². The van der Waals surface area contributed by atoms with Gasteiger partial charge in [0.1, 0.15) is 5.56 Å². The van der Waals surface area contributed by atoms with Crippen LogP contribution in [0.4, 0.5) is 11.4 Å². The van der Waals surface area contributed by atoms with E-state index in [4.69, 9.17) is 0 Å². The molecule has 154 valence electrons. The summed E-state index contributed by atoms with van der Waals surface area (Å²) in [4.78, 5) is 60.8. The molecular formula is C21H19N3O6. The van der Waals surface area contributed by atoms with Gasteiger partial charge in [-0.1, -0.05) is 26.8 Å². The van der Waals surface area contributed by atoms with Gasteiger partial charge in [-0.3, -0.25) is 34.2 Å². The second kappa shape index (κ2) is 7.51. The maximum atomic E-state index is 12.6. The Morgan fingerprint density at radius 2 is 1.67 bits per heavy atom. The van der Waals surface area contributed by atoms with Gasteiger partial charge in [0.15, 0.2) is 5.78 Å². The number of nitrogens with zero attached hydrogens (tertiary/aromatic N) is 2. The minimum atomic E-state index is -0.871. The number of Topliss-reactive ketones (excluding diaryl/α,β-unsaturated/α-hetero) is 1. The maximum Gasteiger partial charge on any atom is 0.282 e. The summed E-state index contributed by atoms with van der Waals surface area (Å²) in [5, 5.41) is 13.9. The van der Waals surface area contributed by atoms with E-state index < -0.39 is 40.2 Å². The van der Waals surface area contributed by atoms with Crippen molar-refractivity contribution in [2.45, 2.75) is 20.8 Å². The predicted molar refractivity (Wildman–Crippen MR) is 107 cm³/mol. The van der Waals surface area contributed by atoms with Crippen LogP contribution >= 0.6 is 0 Å². The molecule has 2 aromatic carbocycles. The van der Waals surface area contributed by atoms with Crippen molar-refractivity contribution in [3.63, 3.8) is 0 Å². The van der Waals surface area contributed by atoms with Gasteiger partial charge >= 0.3 is 0 Å². The van der Waals surface area contributed by atoms with E-state index >= 15 is 0 Å². The second-order valence-corrected chi connectivity index (χ2v) is 7.86. The van der Waals surface area contributed by atoms with Crippen LogP contribution in [0.15, 0.2) is 42.5 Å². The fraction of sp³-hybridized carbons (Fsp3) is 0.238. The number of carbonyl (C=O) groups excluding carboxylic acids is 4. The first-order valence-corrected chi connectivity index (χ1v) is 9.09. The summed E-state index contributed by atoms with van der Waals surface area (Å²) in [6.45, 7) is 4.77. The number of hydrogen-bond acceptors (Lipinski definition) is 6. The first-order valence-electron chi connectivity index (χ1n) is 9.09. The summed E-state index contributed by atoms with van der Waals surface area (Å²) in [5.41, 5.74) is -0.720. The van der Waals surface area contributed by atoms with E-state index in [0.29, 0.717) is 10.6 Å². The Balaban J connectivity index is 1.76. The fourth-order valence-corrected chi connectivity index (χ4v) is 2.90. The molecule has 0 unspecified atom stereocenters. The molecule has 0 aromatic heterocycles. The zero-order chi connectivity index (χ0) is 22.2. The Morgan fingerprint density at radius 3 is 2.23 bits per heavy atom. The van der Waals surface area contributed by atoms with Crippen molar-refractivity contribution in [1.29, 1.82) is 0 Å². The van der Waals surface area contributed by atoms with Crippen LogP contribution in [0.1, 0.15) is 51.8 Å². The van der Waals surface area contributed by atoms with Gasteiger partial charge in [0.05, 0.1) is 17.0 Å². The molecule has 1 aliphatic heterocycles. The Hall–Kier alpha value is -3.88. The minimum Gasteiger partial charge on any atom is -0.326 e. The van der Waals surface area contributed by atoms with Crippen LogP contribution in [0, 0.1) is 15.5 Å². The van der Waals surface area contributed by atoms with Gasteiger partial charge in [-0.25, -0.2) is 0 Å². The Kier molecular flexibility index (Phi) is 5.22. The highest BCUT2D eigenvalue weighted by molar-refractivity contribution is 6.24. The molecular weight excluding hydrogens is 390 g/mol. The molecule has 3 rings (SSSR count). The molecule has 0 aliphatic carbocycles. The van der Waals surface area contributed by atoms with Crippen LogP contribution in [0.5, 0.6) is 0 Å². The topological polar surface area (TPSA) is 127 Å².